The molecule has 2 rings (SSSR count). The van der Waals surface area contributed by atoms with E-state index in [2.05, 4.69) is 0 Å². The lowest BCUT2D eigenvalue weighted by molar-refractivity contribution is -0.222. The number of carbonyl (C=O) groups is 2. The van der Waals surface area contributed by atoms with Crippen molar-refractivity contribution in [1.29, 1.82) is 0 Å². The Morgan fingerprint density at radius 1 is 1.09 bits per heavy atom. The molecule has 0 spiro atoms. The number of hydrogen-bond acceptors (Lipinski definition) is 5. The lowest BCUT2D eigenvalue weighted by Crippen LogP contribution is -2.41. The van der Waals surface area contributed by atoms with E-state index in [9.17, 15) is 9.59 Å². The Bertz CT molecular complexity index is 625. The first-order valence-corrected chi connectivity index (χ1v) is 7.66. The van der Waals surface area contributed by atoms with Gasteiger partial charge in [-0.2, -0.15) is 0 Å². The Hall–Kier alpha value is -2.30. The van der Waals surface area contributed by atoms with Crippen LogP contribution in [0.3, 0.4) is 0 Å². The van der Waals surface area contributed by atoms with Crippen LogP contribution in [0.25, 0.3) is 6.08 Å². The molecule has 1 aromatic rings. The Balaban J connectivity index is 2.33. The van der Waals surface area contributed by atoms with Gasteiger partial charge in [0.15, 0.2) is 0 Å². The second-order valence-electron chi connectivity index (χ2n) is 6.07. The van der Waals surface area contributed by atoms with Crippen molar-refractivity contribution < 1.29 is 23.8 Å². The number of esters is 2. The lowest BCUT2D eigenvalue weighted by atomic mass is 10.0. The summed E-state index contributed by atoms with van der Waals surface area (Å²) < 4.78 is 15.9. The van der Waals surface area contributed by atoms with Gasteiger partial charge in [0.25, 0.3) is 5.79 Å². The molecular formula is C18H22O5. The highest BCUT2D eigenvalue weighted by atomic mass is 16.7. The Morgan fingerprint density at radius 3 is 2.09 bits per heavy atom. The first-order valence-electron chi connectivity index (χ1n) is 7.66. The maximum Gasteiger partial charge on any atom is 0.348 e. The molecule has 1 heterocycles. The van der Waals surface area contributed by atoms with Crippen molar-refractivity contribution in [2.24, 2.45) is 0 Å². The first-order chi connectivity index (χ1) is 10.7. The topological polar surface area (TPSA) is 61.8 Å². The summed E-state index contributed by atoms with van der Waals surface area (Å²) in [6, 6.07) is 3.73. The van der Waals surface area contributed by atoms with Crippen LogP contribution in [0.15, 0.2) is 17.7 Å². The predicted octanol–water partition coefficient (Wildman–Crippen LogP) is 3.31. The van der Waals surface area contributed by atoms with Gasteiger partial charge >= 0.3 is 11.9 Å². The monoisotopic (exact) mass is 318 g/mol. The molecule has 0 radical (unpaired) electrons. The van der Waals surface area contributed by atoms with Gasteiger partial charge in [0.2, 0.25) is 0 Å². The number of cyclic esters (lactones) is 2. The molecule has 1 aromatic carbocycles. The third-order valence-electron chi connectivity index (χ3n) is 3.36. The van der Waals surface area contributed by atoms with Gasteiger partial charge in [0.05, 0.1) is 6.61 Å². The number of aryl methyl sites for hydroxylation is 2. The van der Waals surface area contributed by atoms with E-state index >= 15 is 0 Å². The first kappa shape index (κ1) is 17.1. The fourth-order valence-electron chi connectivity index (χ4n) is 2.44. The van der Waals surface area contributed by atoms with Crippen molar-refractivity contribution in [1.82, 2.24) is 0 Å². The van der Waals surface area contributed by atoms with Crippen LogP contribution in [0.2, 0.25) is 0 Å². The molecule has 23 heavy (non-hydrogen) atoms. The number of benzene rings is 1. The minimum absolute atomic E-state index is 0.106. The smallest absolute Gasteiger partial charge is 0.348 e. The summed E-state index contributed by atoms with van der Waals surface area (Å²) in [6.45, 7) is 9.60. The van der Waals surface area contributed by atoms with E-state index in [1.54, 1.807) is 0 Å². The van der Waals surface area contributed by atoms with Gasteiger partial charge in [-0.05, 0) is 55.2 Å². The molecule has 5 heteroatoms. The number of ether oxygens (including phenoxy) is 3. The summed E-state index contributed by atoms with van der Waals surface area (Å²) in [5, 5.41) is 0. The van der Waals surface area contributed by atoms with E-state index in [1.165, 1.54) is 19.9 Å². The maximum atomic E-state index is 12.0. The van der Waals surface area contributed by atoms with E-state index in [4.69, 9.17) is 14.2 Å². The molecule has 0 atom stereocenters. The zero-order valence-electron chi connectivity index (χ0n) is 14.2. The van der Waals surface area contributed by atoms with Crippen LogP contribution < -0.4 is 4.74 Å². The van der Waals surface area contributed by atoms with Gasteiger partial charge in [-0.25, -0.2) is 9.59 Å². The summed E-state index contributed by atoms with van der Waals surface area (Å²) in [4.78, 5) is 24.0. The van der Waals surface area contributed by atoms with Gasteiger partial charge in [0, 0.05) is 13.8 Å². The van der Waals surface area contributed by atoms with Gasteiger partial charge in [-0.15, -0.1) is 0 Å². The van der Waals surface area contributed by atoms with Crippen LogP contribution in [0, 0.1) is 13.8 Å². The van der Waals surface area contributed by atoms with E-state index in [0.29, 0.717) is 6.61 Å². The van der Waals surface area contributed by atoms with E-state index in [0.717, 1.165) is 28.9 Å². The van der Waals surface area contributed by atoms with Crippen molar-refractivity contribution in [2.45, 2.75) is 46.8 Å². The maximum absolute atomic E-state index is 12.0. The second kappa shape index (κ2) is 6.44. The Kier molecular flexibility index (Phi) is 4.78. The summed E-state index contributed by atoms with van der Waals surface area (Å²) in [6.07, 6.45) is 2.42. The number of rotatable bonds is 4. The van der Waals surface area contributed by atoms with Gasteiger partial charge in [0.1, 0.15) is 11.3 Å². The Labute approximate surface area is 136 Å². The van der Waals surface area contributed by atoms with Crippen molar-refractivity contribution >= 4 is 18.0 Å². The molecule has 0 unspecified atom stereocenters. The second-order valence-corrected chi connectivity index (χ2v) is 6.07. The molecule has 1 fully saturated rings. The van der Waals surface area contributed by atoms with Crippen LogP contribution in [0.1, 0.15) is 43.9 Å². The molecular weight excluding hydrogens is 296 g/mol. The fraction of sp³-hybridized carbons (Fsp3) is 0.444. The van der Waals surface area contributed by atoms with Crippen LogP contribution in [-0.2, 0) is 19.1 Å². The third-order valence-corrected chi connectivity index (χ3v) is 3.36. The number of carbonyl (C=O) groups excluding carboxylic acids is 2. The molecule has 0 bridgehead atoms. The van der Waals surface area contributed by atoms with Gasteiger partial charge in [-0.3, -0.25) is 0 Å². The summed E-state index contributed by atoms with van der Waals surface area (Å²) in [7, 11) is 0. The van der Waals surface area contributed by atoms with Gasteiger partial charge < -0.3 is 14.2 Å². The van der Waals surface area contributed by atoms with Crippen molar-refractivity contribution in [2.75, 3.05) is 6.61 Å². The van der Waals surface area contributed by atoms with Crippen molar-refractivity contribution in [3.63, 3.8) is 0 Å². The molecule has 0 N–H and O–H groups in total. The van der Waals surface area contributed by atoms with Crippen LogP contribution >= 0.6 is 0 Å². The fourth-order valence-corrected chi connectivity index (χ4v) is 2.44. The lowest BCUT2D eigenvalue weighted by Gasteiger charge is -2.29. The highest BCUT2D eigenvalue weighted by Crippen LogP contribution is 2.28. The normalized spacial score (nSPS) is 16.7. The van der Waals surface area contributed by atoms with E-state index in [1.807, 2.05) is 32.9 Å². The summed E-state index contributed by atoms with van der Waals surface area (Å²) >= 11 is 0. The van der Waals surface area contributed by atoms with Crippen LogP contribution in [0.4, 0.5) is 0 Å². The predicted molar refractivity (Wildman–Crippen MR) is 85.9 cm³/mol. The minimum Gasteiger partial charge on any atom is -0.493 e. The summed E-state index contributed by atoms with van der Waals surface area (Å²) in [5.74, 6) is -1.74. The molecule has 1 aliphatic heterocycles. The van der Waals surface area contributed by atoms with E-state index in [-0.39, 0.29) is 5.57 Å². The van der Waals surface area contributed by atoms with Gasteiger partial charge in [-0.1, -0.05) is 6.92 Å². The average molecular weight is 318 g/mol. The largest absolute Gasteiger partial charge is 0.493 e. The minimum atomic E-state index is -1.23. The summed E-state index contributed by atoms with van der Waals surface area (Å²) in [5.41, 5.74) is 2.52. The average Bonchev–Trinajstić information content (AvgIpc) is 2.41. The molecule has 1 aliphatic rings. The molecule has 0 aliphatic carbocycles. The quantitative estimate of drug-likeness (QED) is 0.484. The molecule has 0 amide bonds. The third kappa shape index (κ3) is 3.92. The molecule has 124 valence electrons. The highest BCUT2D eigenvalue weighted by molar-refractivity contribution is 6.18. The SMILES string of the molecule is CCCOc1c(C)cc(C=C2C(=O)OC(C)(C)OC2=O)cc1C. The van der Waals surface area contributed by atoms with Crippen molar-refractivity contribution in [3.05, 3.63) is 34.4 Å². The zero-order chi connectivity index (χ0) is 17.2. The molecule has 5 nitrogen and oxygen atoms in total. The standard InChI is InChI=1S/C18H22O5/c1-6-7-21-15-11(2)8-13(9-12(15)3)10-14-16(19)22-18(4,5)23-17(14)20/h8-10H,6-7H2,1-5H3. The molecule has 0 saturated carbocycles. The van der Waals surface area contributed by atoms with Crippen molar-refractivity contribution in [3.8, 4) is 5.75 Å². The van der Waals surface area contributed by atoms with E-state index < -0.39 is 17.7 Å². The molecule has 0 aromatic heterocycles. The Morgan fingerprint density at radius 2 is 1.61 bits per heavy atom. The van der Waals surface area contributed by atoms with Crippen LogP contribution in [0.5, 0.6) is 5.75 Å². The highest BCUT2D eigenvalue weighted by Gasteiger charge is 2.38. The number of hydrogen-bond donors (Lipinski definition) is 0. The molecule has 1 saturated heterocycles. The zero-order valence-corrected chi connectivity index (χ0v) is 14.2. The van der Waals surface area contributed by atoms with Crippen LogP contribution in [-0.4, -0.2) is 24.3 Å².